The van der Waals surface area contributed by atoms with Crippen molar-refractivity contribution in [1.29, 1.82) is 0 Å². The highest BCUT2D eigenvalue weighted by Crippen LogP contribution is 2.26. The molecule has 0 bridgehead atoms. The molecule has 1 amide bonds. The molecule has 1 aromatic carbocycles. The molecule has 0 spiro atoms. The van der Waals surface area contributed by atoms with Crippen molar-refractivity contribution in [1.82, 2.24) is 14.6 Å². The molecule has 2 rings (SSSR count). The molecular weight excluding hydrogens is 387 g/mol. The Morgan fingerprint density at radius 1 is 1.22 bits per heavy atom. The van der Waals surface area contributed by atoms with Crippen LogP contribution in [-0.2, 0) is 10.0 Å². The fourth-order valence-corrected chi connectivity index (χ4v) is 3.97. The Labute approximate surface area is 154 Å². The van der Waals surface area contributed by atoms with Gasteiger partial charge in [0.15, 0.2) is 0 Å². The van der Waals surface area contributed by atoms with Crippen molar-refractivity contribution >= 4 is 26.8 Å². The number of rotatable bonds is 8. The minimum atomic E-state index is -4.81. The molecule has 11 heteroatoms. The largest absolute Gasteiger partial charge is 0.573 e. The summed E-state index contributed by atoms with van der Waals surface area (Å²) in [7, 11) is -3.46. The number of nitrogens with one attached hydrogen (secondary N) is 2. The molecule has 7 nitrogen and oxygen atoms in total. The number of sulfonamides is 1. The van der Waals surface area contributed by atoms with Crippen molar-refractivity contribution in [2.75, 3.05) is 25.4 Å². The van der Waals surface area contributed by atoms with Gasteiger partial charge in [-0.05, 0) is 18.2 Å². The van der Waals surface area contributed by atoms with Crippen LogP contribution in [0.4, 0.5) is 13.2 Å². The Kier molecular flexibility index (Phi) is 6.37. The number of ether oxygens (including phenoxy) is 1. The van der Waals surface area contributed by atoms with Crippen LogP contribution in [0.5, 0.6) is 5.75 Å². The summed E-state index contributed by atoms with van der Waals surface area (Å²) < 4.78 is 66.1. The van der Waals surface area contributed by atoms with Gasteiger partial charge in [0.25, 0.3) is 5.91 Å². The molecule has 0 aliphatic rings. The second kappa shape index (κ2) is 8.17. The fourth-order valence-electron chi connectivity index (χ4n) is 2.56. The van der Waals surface area contributed by atoms with E-state index >= 15 is 0 Å². The van der Waals surface area contributed by atoms with Gasteiger partial charge in [-0.25, -0.2) is 12.7 Å². The number of carbonyl (C=O) groups is 1. The number of alkyl halides is 3. The van der Waals surface area contributed by atoms with Crippen LogP contribution in [0.1, 0.15) is 24.3 Å². The van der Waals surface area contributed by atoms with Crippen LogP contribution < -0.4 is 10.1 Å². The Balaban J connectivity index is 2.03. The zero-order valence-electron chi connectivity index (χ0n) is 14.8. The Morgan fingerprint density at radius 2 is 1.89 bits per heavy atom. The number of hydrogen-bond acceptors (Lipinski definition) is 4. The number of aromatic amines is 1. The molecular formula is C16H20F3N3O4S. The van der Waals surface area contributed by atoms with Gasteiger partial charge >= 0.3 is 6.36 Å². The second-order valence-corrected chi connectivity index (χ2v) is 7.72. The molecule has 1 aromatic heterocycles. The molecule has 0 radical (unpaired) electrons. The molecule has 150 valence electrons. The maximum atomic E-state index is 12.3. The number of hydrogen-bond donors (Lipinski definition) is 2. The zero-order valence-corrected chi connectivity index (χ0v) is 15.6. The van der Waals surface area contributed by atoms with Gasteiger partial charge in [0, 0.05) is 36.6 Å². The van der Waals surface area contributed by atoms with Crippen molar-refractivity contribution in [2.45, 2.75) is 20.2 Å². The molecule has 0 saturated carbocycles. The van der Waals surface area contributed by atoms with Gasteiger partial charge in [-0.2, -0.15) is 0 Å². The first-order valence-electron chi connectivity index (χ1n) is 8.20. The van der Waals surface area contributed by atoms with E-state index in [0.717, 1.165) is 12.1 Å². The number of amides is 1. The van der Waals surface area contributed by atoms with E-state index in [1.165, 1.54) is 16.4 Å². The number of fused-ring (bicyclic) bond motifs is 1. The molecule has 0 saturated heterocycles. The predicted octanol–water partition coefficient (Wildman–Crippen LogP) is 2.47. The lowest BCUT2D eigenvalue weighted by Gasteiger charge is -2.18. The van der Waals surface area contributed by atoms with Crippen LogP contribution >= 0.6 is 0 Å². The summed E-state index contributed by atoms with van der Waals surface area (Å²) >= 11 is 0. The van der Waals surface area contributed by atoms with Gasteiger partial charge in [0.05, 0.1) is 5.75 Å². The van der Waals surface area contributed by atoms with Gasteiger partial charge in [-0.15, -0.1) is 13.2 Å². The lowest BCUT2D eigenvalue weighted by Crippen LogP contribution is -2.37. The number of carbonyl (C=O) groups excluding carboxylic acids is 1. The standard InChI is InChI=1S/C16H20F3N3O4S/c1-3-22(4-2)27(24,25)8-7-20-15(23)14-9-11-5-6-12(10-13(11)21-14)26-16(17,18)19/h5-6,9-10,21H,3-4,7-8H2,1-2H3,(H,20,23). The van der Waals surface area contributed by atoms with Crippen LogP contribution in [0.15, 0.2) is 24.3 Å². The molecule has 0 atom stereocenters. The Bertz CT molecular complexity index is 905. The highest BCUT2D eigenvalue weighted by molar-refractivity contribution is 7.89. The molecule has 0 fully saturated rings. The van der Waals surface area contributed by atoms with Crippen LogP contribution in [0.25, 0.3) is 10.9 Å². The van der Waals surface area contributed by atoms with E-state index in [0.29, 0.717) is 18.5 Å². The van der Waals surface area contributed by atoms with Gasteiger partial charge < -0.3 is 15.0 Å². The van der Waals surface area contributed by atoms with Crippen molar-refractivity contribution in [2.24, 2.45) is 0 Å². The van der Waals surface area contributed by atoms with E-state index < -0.39 is 28.0 Å². The molecule has 0 aliphatic heterocycles. The molecule has 2 N–H and O–H groups in total. The minimum absolute atomic E-state index is 0.0878. The molecule has 1 heterocycles. The monoisotopic (exact) mass is 407 g/mol. The normalized spacial score (nSPS) is 12.5. The summed E-state index contributed by atoms with van der Waals surface area (Å²) in [6.07, 6.45) is -4.81. The maximum Gasteiger partial charge on any atom is 0.573 e. The highest BCUT2D eigenvalue weighted by atomic mass is 32.2. The highest BCUT2D eigenvalue weighted by Gasteiger charge is 2.31. The van der Waals surface area contributed by atoms with E-state index in [1.54, 1.807) is 13.8 Å². The summed E-state index contributed by atoms with van der Waals surface area (Å²) in [5.41, 5.74) is 0.395. The molecule has 0 aliphatic carbocycles. The molecule has 2 aromatic rings. The van der Waals surface area contributed by atoms with Crippen molar-refractivity contribution in [3.63, 3.8) is 0 Å². The Hall–Kier alpha value is -2.27. The number of halogens is 3. The van der Waals surface area contributed by atoms with Crippen LogP contribution in [-0.4, -0.2) is 55.4 Å². The number of H-pyrrole nitrogens is 1. The maximum absolute atomic E-state index is 12.3. The minimum Gasteiger partial charge on any atom is -0.406 e. The number of nitrogens with zero attached hydrogens (tertiary/aromatic N) is 1. The fraction of sp³-hybridized carbons (Fsp3) is 0.438. The summed E-state index contributed by atoms with van der Waals surface area (Å²) in [6.45, 7) is 4.05. The third-order valence-electron chi connectivity index (χ3n) is 3.82. The van der Waals surface area contributed by atoms with Crippen molar-refractivity contribution < 1.29 is 31.1 Å². The number of aromatic nitrogens is 1. The molecule has 27 heavy (non-hydrogen) atoms. The van der Waals surface area contributed by atoms with E-state index in [4.69, 9.17) is 0 Å². The van der Waals surface area contributed by atoms with Gasteiger partial charge in [0.2, 0.25) is 10.0 Å². The summed E-state index contributed by atoms with van der Waals surface area (Å²) in [5.74, 6) is -1.21. The predicted molar refractivity (Wildman–Crippen MR) is 94.0 cm³/mol. The first-order valence-corrected chi connectivity index (χ1v) is 9.81. The smallest absolute Gasteiger partial charge is 0.406 e. The van der Waals surface area contributed by atoms with E-state index in [1.807, 2.05) is 0 Å². The average Bonchev–Trinajstić information content (AvgIpc) is 2.97. The van der Waals surface area contributed by atoms with Gasteiger partial charge in [-0.1, -0.05) is 13.8 Å². The first-order chi connectivity index (χ1) is 12.6. The lowest BCUT2D eigenvalue weighted by atomic mass is 10.2. The van der Waals surface area contributed by atoms with E-state index in [-0.39, 0.29) is 23.5 Å². The van der Waals surface area contributed by atoms with Gasteiger partial charge in [0.1, 0.15) is 11.4 Å². The summed E-state index contributed by atoms with van der Waals surface area (Å²) in [5, 5.41) is 3.00. The quantitative estimate of drug-likeness (QED) is 0.703. The summed E-state index contributed by atoms with van der Waals surface area (Å²) in [6, 6.07) is 5.11. The van der Waals surface area contributed by atoms with E-state index in [9.17, 15) is 26.4 Å². The van der Waals surface area contributed by atoms with Crippen LogP contribution in [0, 0.1) is 0 Å². The third kappa shape index (κ3) is 5.60. The second-order valence-electron chi connectivity index (χ2n) is 5.64. The van der Waals surface area contributed by atoms with Gasteiger partial charge in [-0.3, -0.25) is 4.79 Å². The molecule has 0 unspecified atom stereocenters. The Morgan fingerprint density at radius 3 is 2.48 bits per heavy atom. The third-order valence-corrected chi connectivity index (χ3v) is 5.84. The van der Waals surface area contributed by atoms with Crippen molar-refractivity contribution in [3.05, 3.63) is 30.0 Å². The summed E-state index contributed by atoms with van der Waals surface area (Å²) in [4.78, 5) is 14.9. The zero-order chi connectivity index (χ0) is 20.2. The topological polar surface area (TPSA) is 91.5 Å². The van der Waals surface area contributed by atoms with Crippen LogP contribution in [0.3, 0.4) is 0 Å². The lowest BCUT2D eigenvalue weighted by molar-refractivity contribution is -0.274. The first kappa shape index (κ1) is 21.0. The van der Waals surface area contributed by atoms with Crippen LogP contribution in [0.2, 0.25) is 0 Å². The SMILES string of the molecule is CCN(CC)S(=O)(=O)CCNC(=O)c1cc2ccc(OC(F)(F)F)cc2[nH]1. The van der Waals surface area contributed by atoms with E-state index in [2.05, 4.69) is 15.0 Å². The average molecular weight is 407 g/mol. The van der Waals surface area contributed by atoms with Crippen molar-refractivity contribution in [3.8, 4) is 5.75 Å². The number of benzene rings is 1.